The predicted octanol–water partition coefficient (Wildman–Crippen LogP) is 3.43. The van der Waals surface area contributed by atoms with E-state index in [2.05, 4.69) is 32.2 Å². The summed E-state index contributed by atoms with van der Waals surface area (Å²) in [6.07, 6.45) is 2.47. The Hall–Kier alpha value is -1.18. The van der Waals surface area contributed by atoms with Gasteiger partial charge >= 0.3 is 0 Å². The molecule has 15 heavy (non-hydrogen) atoms. The van der Waals surface area contributed by atoms with Gasteiger partial charge in [-0.2, -0.15) is 0 Å². The highest BCUT2D eigenvalue weighted by Gasteiger charge is 2.04. The van der Waals surface area contributed by atoms with Crippen LogP contribution in [-0.4, -0.2) is 6.54 Å². The maximum absolute atomic E-state index is 5.71. The molecule has 0 heterocycles. The molecule has 0 aromatic heterocycles. The summed E-state index contributed by atoms with van der Waals surface area (Å²) in [5, 5.41) is 3.49. The van der Waals surface area contributed by atoms with Crippen LogP contribution in [0.1, 0.15) is 32.3 Å². The van der Waals surface area contributed by atoms with Gasteiger partial charge in [0.05, 0.1) is 0 Å². The number of rotatable bonds is 5. The Morgan fingerprint density at radius 3 is 2.47 bits per heavy atom. The molecular weight excluding hydrogens is 184 g/mol. The third kappa shape index (κ3) is 3.46. The summed E-state index contributed by atoms with van der Waals surface area (Å²) in [6, 6.07) is 6.02. The van der Waals surface area contributed by atoms with Gasteiger partial charge in [-0.15, -0.1) is 0 Å². The molecule has 0 saturated heterocycles. The molecule has 84 valence electrons. The molecule has 0 aliphatic carbocycles. The van der Waals surface area contributed by atoms with Gasteiger partial charge in [-0.1, -0.05) is 26.7 Å². The Balaban J connectivity index is 2.57. The lowest BCUT2D eigenvalue weighted by molar-refractivity contribution is 0.519. The van der Waals surface area contributed by atoms with E-state index in [1.165, 1.54) is 24.1 Å². The molecular formula is C13H22N2. The highest BCUT2D eigenvalue weighted by Crippen LogP contribution is 2.18. The van der Waals surface area contributed by atoms with E-state index in [-0.39, 0.29) is 0 Å². The quantitative estimate of drug-likeness (QED) is 0.724. The number of hydrogen-bond donors (Lipinski definition) is 2. The fourth-order valence-electron chi connectivity index (χ4n) is 1.72. The first-order valence-electron chi connectivity index (χ1n) is 5.77. The van der Waals surface area contributed by atoms with E-state index in [9.17, 15) is 0 Å². The van der Waals surface area contributed by atoms with Crippen LogP contribution in [0.5, 0.6) is 0 Å². The summed E-state index contributed by atoms with van der Waals surface area (Å²) in [7, 11) is 0. The van der Waals surface area contributed by atoms with Gasteiger partial charge in [0, 0.05) is 17.9 Å². The van der Waals surface area contributed by atoms with E-state index < -0.39 is 0 Å². The largest absolute Gasteiger partial charge is 0.399 e. The molecule has 1 aromatic rings. The maximum Gasteiger partial charge on any atom is 0.0371 e. The minimum Gasteiger partial charge on any atom is -0.399 e. The van der Waals surface area contributed by atoms with Gasteiger partial charge in [-0.3, -0.25) is 0 Å². The van der Waals surface area contributed by atoms with Gasteiger partial charge in [0.25, 0.3) is 0 Å². The molecule has 0 radical (unpaired) electrons. The van der Waals surface area contributed by atoms with E-state index in [1.807, 2.05) is 12.1 Å². The van der Waals surface area contributed by atoms with Gasteiger partial charge in [0.15, 0.2) is 0 Å². The predicted molar refractivity (Wildman–Crippen MR) is 68.2 cm³/mol. The van der Waals surface area contributed by atoms with Crippen molar-refractivity contribution in [3.05, 3.63) is 23.8 Å². The molecule has 0 bridgehead atoms. The van der Waals surface area contributed by atoms with Crippen LogP contribution in [0.25, 0.3) is 0 Å². The Kier molecular flexibility index (Phi) is 4.47. The van der Waals surface area contributed by atoms with Gasteiger partial charge < -0.3 is 11.1 Å². The summed E-state index contributed by atoms with van der Waals surface area (Å²) >= 11 is 0. The van der Waals surface area contributed by atoms with E-state index in [4.69, 9.17) is 5.73 Å². The minimum atomic E-state index is 0.766. The van der Waals surface area contributed by atoms with Crippen molar-refractivity contribution in [3.63, 3.8) is 0 Å². The Morgan fingerprint density at radius 2 is 1.93 bits per heavy atom. The molecule has 2 nitrogen and oxygen atoms in total. The average Bonchev–Trinajstić information content (AvgIpc) is 2.22. The van der Waals surface area contributed by atoms with Crippen molar-refractivity contribution in [2.24, 2.45) is 5.92 Å². The van der Waals surface area contributed by atoms with Crippen LogP contribution in [0.2, 0.25) is 0 Å². The van der Waals surface area contributed by atoms with Crippen molar-refractivity contribution >= 4 is 11.4 Å². The van der Waals surface area contributed by atoms with E-state index >= 15 is 0 Å². The Morgan fingerprint density at radius 1 is 1.27 bits per heavy atom. The third-order valence-corrected chi connectivity index (χ3v) is 2.99. The number of nitrogen functional groups attached to an aromatic ring is 1. The maximum atomic E-state index is 5.71. The first kappa shape index (κ1) is 11.9. The molecule has 0 aliphatic rings. The standard InChI is InChI=1S/C13H22N2/c1-4-11(5-2)9-15-13-7-6-12(14)8-10(13)3/h6-8,11,15H,4-5,9,14H2,1-3H3. The van der Waals surface area contributed by atoms with E-state index in [0.29, 0.717) is 0 Å². The number of anilines is 2. The summed E-state index contributed by atoms with van der Waals surface area (Å²) in [5.41, 5.74) is 8.97. The zero-order valence-electron chi connectivity index (χ0n) is 10.0. The van der Waals surface area contributed by atoms with Gasteiger partial charge in [0.1, 0.15) is 0 Å². The van der Waals surface area contributed by atoms with Crippen LogP contribution < -0.4 is 11.1 Å². The summed E-state index contributed by atoms with van der Waals surface area (Å²) in [4.78, 5) is 0. The van der Waals surface area contributed by atoms with E-state index in [0.717, 1.165) is 18.2 Å². The van der Waals surface area contributed by atoms with Crippen LogP contribution in [0.4, 0.5) is 11.4 Å². The zero-order chi connectivity index (χ0) is 11.3. The monoisotopic (exact) mass is 206 g/mol. The first-order chi connectivity index (χ1) is 7.17. The first-order valence-corrected chi connectivity index (χ1v) is 5.77. The molecule has 2 heteroatoms. The highest BCUT2D eigenvalue weighted by molar-refractivity contribution is 5.57. The summed E-state index contributed by atoms with van der Waals surface area (Å²) in [5.74, 6) is 0.766. The van der Waals surface area contributed by atoms with Gasteiger partial charge in [0.2, 0.25) is 0 Å². The van der Waals surface area contributed by atoms with E-state index in [1.54, 1.807) is 0 Å². The van der Waals surface area contributed by atoms with Crippen molar-refractivity contribution in [1.29, 1.82) is 0 Å². The molecule has 0 unspecified atom stereocenters. The summed E-state index contributed by atoms with van der Waals surface area (Å²) < 4.78 is 0. The number of nitrogens with one attached hydrogen (secondary N) is 1. The molecule has 0 fully saturated rings. The molecule has 0 spiro atoms. The number of nitrogens with two attached hydrogens (primary N) is 1. The lowest BCUT2D eigenvalue weighted by Crippen LogP contribution is -2.13. The zero-order valence-corrected chi connectivity index (χ0v) is 10.0. The SMILES string of the molecule is CCC(CC)CNc1ccc(N)cc1C. The van der Waals surface area contributed by atoms with Crippen molar-refractivity contribution < 1.29 is 0 Å². The van der Waals surface area contributed by atoms with Crippen LogP contribution >= 0.6 is 0 Å². The Labute approximate surface area is 92.9 Å². The fourth-order valence-corrected chi connectivity index (χ4v) is 1.72. The lowest BCUT2D eigenvalue weighted by atomic mass is 10.0. The van der Waals surface area contributed by atoms with Crippen molar-refractivity contribution in [3.8, 4) is 0 Å². The van der Waals surface area contributed by atoms with Crippen LogP contribution in [0.3, 0.4) is 0 Å². The molecule has 0 aliphatic heterocycles. The van der Waals surface area contributed by atoms with Crippen molar-refractivity contribution in [2.75, 3.05) is 17.6 Å². The molecule has 3 N–H and O–H groups in total. The van der Waals surface area contributed by atoms with Gasteiger partial charge in [-0.05, 0) is 36.6 Å². The third-order valence-electron chi connectivity index (χ3n) is 2.99. The second-order valence-corrected chi connectivity index (χ2v) is 4.14. The Bertz CT molecular complexity index is 303. The smallest absolute Gasteiger partial charge is 0.0371 e. The number of benzene rings is 1. The van der Waals surface area contributed by atoms with Crippen LogP contribution in [-0.2, 0) is 0 Å². The molecule has 0 saturated carbocycles. The molecule has 0 atom stereocenters. The van der Waals surface area contributed by atoms with Crippen molar-refractivity contribution in [2.45, 2.75) is 33.6 Å². The molecule has 1 aromatic carbocycles. The minimum absolute atomic E-state index is 0.766. The van der Waals surface area contributed by atoms with Gasteiger partial charge in [-0.25, -0.2) is 0 Å². The second kappa shape index (κ2) is 5.64. The fraction of sp³-hybridized carbons (Fsp3) is 0.538. The summed E-state index contributed by atoms with van der Waals surface area (Å²) in [6.45, 7) is 7.63. The molecule has 1 rings (SSSR count). The number of hydrogen-bond acceptors (Lipinski definition) is 2. The second-order valence-electron chi connectivity index (χ2n) is 4.14. The van der Waals surface area contributed by atoms with Crippen LogP contribution in [0, 0.1) is 12.8 Å². The molecule has 0 amide bonds. The normalized spacial score (nSPS) is 10.7. The topological polar surface area (TPSA) is 38.0 Å². The lowest BCUT2D eigenvalue weighted by Gasteiger charge is -2.16. The number of aryl methyl sites for hydroxylation is 1. The van der Waals surface area contributed by atoms with Crippen LogP contribution in [0.15, 0.2) is 18.2 Å². The average molecular weight is 206 g/mol. The van der Waals surface area contributed by atoms with Crippen molar-refractivity contribution in [1.82, 2.24) is 0 Å². The highest BCUT2D eigenvalue weighted by atomic mass is 14.9.